The molecule has 0 spiro atoms. The number of carbonyl (C=O) groups excluding carboxylic acids is 2. The summed E-state index contributed by atoms with van der Waals surface area (Å²) in [4.78, 5) is 38.0. The van der Waals surface area contributed by atoms with Crippen molar-refractivity contribution in [3.63, 3.8) is 0 Å². The Bertz CT molecular complexity index is 1100. The summed E-state index contributed by atoms with van der Waals surface area (Å²) >= 11 is 0. The molecule has 3 aromatic rings. The summed E-state index contributed by atoms with van der Waals surface area (Å²) < 4.78 is 11.7. The number of hydrogen-bond acceptors (Lipinski definition) is 5. The Balaban J connectivity index is 2.21. The molecule has 0 saturated carbocycles. The van der Waals surface area contributed by atoms with Crippen molar-refractivity contribution in [2.24, 2.45) is 0 Å². The van der Waals surface area contributed by atoms with Crippen LogP contribution in [0.4, 0.5) is 0 Å². The summed E-state index contributed by atoms with van der Waals surface area (Å²) in [5.74, 6) is -0.886. The SMILES string of the molecule is CCOC(=O)CCCn1c(C(=O)OCC)c(-c2ccccc2)c2ccccc2c1=O. The second kappa shape index (κ2) is 9.87. The first kappa shape index (κ1) is 21.3. The van der Waals surface area contributed by atoms with Gasteiger partial charge in [-0.3, -0.25) is 9.59 Å². The van der Waals surface area contributed by atoms with Crippen molar-refractivity contribution in [2.45, 2.75) is 33.2 Å². The van der Waals surface area contributed by atoms with Crippen molar-refractivity contribution in [3.8, 4) is 11.1 Å². The Kier molecular flexibility index (Phi) is 7.01. The van der Waals surface area contributed by atoms with E-state index in [-0.39, 0.29) is 36.8 Å². The summed E-state index contributed by atoms with van der Waals surface area (Å²) in [7, 11) is 0. The summed E-state index contributed by atoms with van der Waals surface area (Å²) in [6, 6.07) is 16.7. The first-order valence-corrected chi connectivity index (χ1v) is 10.1. The molecule has 0 atom stereocenters. The van der Waals surface area contributed by atoms with Gasteiger partial charge in [-0.15, -0.1) is 0 Å². The number of hydrogen-bond donors (Lipinski definition) is 0. The largest absolute Gasteiger partial charge is 0.466 e. The molecule has 1 aromatic heterocycles. The average molecular weight is 407 g/mol. The van der Waals surface area contributed by atoms with Gasteiger partial charge in [0.1, 0.15) is 5.69 Å². The van der Waals surface area contributed by atoms with E-state index in [1.54, 1.807) is 26.0 Å². The highest BCUT2D eigenvalue weighted by Crippen LogP contribution is 2.31. The number of ether oxygens (including phenoxy) is 2. The molecule has 0 aliphatic rings. The van der Waals surface area contributed by atoms with E-state index in [9.17, 15) is 14.4 Å². The maximum absolute atomic E-state index is 13.3. The van der Waals surface area contributed by atoms with E-state index in [1.807, 2.05) is 42.5 Å². The molecule has 0 bridgehead atoms. The predicted molar refractivity (Wildman–Crippen MR) is 115 cm³/mol. The smallest absolute Gasteiger partial charge is 0.355 e. The topological polar surface area (TPSA) is 74.6 Å². The number of rotatable bonds is 8. The van der Waals surface area contributed by atoms with E-state index in [0.29, 0.717) is 29.4 Å². The van der Waals surface area contributed by atoms with Crippen LogP contribution in [0.15, 0.2) is 59.4 Å². The van der Waals surface area contributed by atoms with Gasteiger partial charge in [0.15, 0.2) is 0 Å². The molecule has 3 rings (SSSR count). The van der Waals surface area contributed by atoms with Gasteiger partial charge < -0.3 is 14.0 Å². The lowest BCUT2D eigenvalue weighted by atomic mass is 9.96. The molecule has 1 heterocycles. The van der Waals surface area contributed by atoms with Crippen molar-refractivity contribution in [1.82, 2.24) is 4.57 Å². The molecule has 0 amide bonds. The molecular formula is C24H25NO5. The van der Waals surface area contributed by atoms with Gasteiger partial charge in [0.2, 0.25) is 0 Å². The van der Waals surface area contributed by atoms with Crippen LogP contribution in [-0.4, -0.2) is 29.7 Å². The number of aromatic nitrogens is 1. The Morgan fingerprint density at radius 1 is 0.867 bits per heavy atom. The van der Waals surface area contributed by atoms with Crippen LogP contribution < -0.4 is 5.56 Å². The van der Waals surface area contributed by atoms with Gasteiger partial charge in [0.25, 0.3) is 5.56 Å². The van der Waals surface area contributed by atoms with Crippen molar-refractivity contribution in [2.75, 3.05) is 13.2 Å². The van der Waals surface area contributed by atoms with Crippen molar-refractivity contribution in [3.05, 3.63) is 70.6 Å². The molecule has 2 aromatic carbocycles. The van der Waals surface area contributed by atoms with E-state index in [0.717, 1.165) is 5.56 Å². The summed E-state index contributed by atoms with van der Waals surface area (Å²) in [6.07, 6.45) is 0.535. The highest BCUT2D eigenvalue weighted by molar-refractivity contribution is 6.06. The molecule has 0 unspecified atom stereocenters. The molecule has 6 heteroatoms. The van der Waals surface area contributed by atoms with E-state index in [1.165, 1.54) is 4.57 Å². The van der Waals surface area contributed by atoms with Crippen LogP contribution in [0.25, 0.3) is 21.9 Å². The minimum Gasteiger partial charge on any atom is -0.466 e. The van der Waals surface area contributed by atoms with Crippen molar-refractivity contribution < 1.29 is 19.1 Å². The van der Waals surface area contributed by atoms with E-state index >= 15 is 0 Å². The zero-order valence-corrected chi connectivity index (χ0v) is 17.2. The third-order valence-corrected chi connectivity index (χ3v) is 4.78. The standard InChI is InChI=1S/C24H25NO5/c1-3-29-20(26)15-10-16-25-22(24(28)30-4-2)21(17-11-6-5-7-12-17)18-13-8-9-14-19(18)23(25)27/h5-9,11-14H,3-4,10,15-16H2,1-2H3. The second-order valence-electron chi connectivity index (χ2n) is 6.72. The highest BCUT2D eigenvalue weighted by atomic mass is 16.5. The number of fused-ring (bicyclic) bond motifs is 1. The van der Waals surface area contributed by atoms with Crippen LogP contribution in [-0.2, 0) is 20.8 Å². The van der Waals surface area contributed by atoms with Gasteiger partial charge in [0, 0.05) is 23.9 Å². The molecule has 0 N–H and O–H groups in total. The Morgan fingerprint density at radius 2 is 1.50 bits per heavy atom. The normalized spacial score (nSPS) is 10.7. The van der Waals surface area contributed by atoms with Gasteiger partial charge in [-0.05, 0) is 37.3 Å². The van der Waals surface area contributed by atoms with Gasteiger partial charge >= 0.3 is 11.9 Å². The lowest BCUT2D eigenvalue weighted by molar-refractivity contribution is -0.143. The van der Waals surface area contributed by atoms with E-state index in [4.69, 9.17) is 9.47 Å². The quantitative estimate of drug-likeness (QED) is 0.524. The number of nitrogens with zero attached hydrogens (tertiary/aromatic N) is 1. The number of esters is 2. The maximum Gasteiger partial charge on any atom is 0.355 e. The van der Waals surface area contributed by atoms with Crippen molar-refractivity contribution in [1.29, 1.82) is 0 Å². The van der Waals surface area contributed by atoms with Gasteiger partial charge in [-0.1, -0.05) is 48.5 Å². The zero-order chi connectivity index (χ0) is 21.5. The molecule has 6 nitrogen and oxygen atoms in total. The molecule has 0 aliphatic heterocycles. The fourth-order valence-corrected chi connectivity index (χ4v) is 3.53. The predicted octanol–water partition coefficient (Wildman–Crippen LogP) is 4.19. The van der Waals surface area contributed by atoms with Crippen LogP contribution in [0.2, 0.25) is 0 Å². The fourth-order valence-electron chi connectivity index (χ4n) is 3.53. The minimum absolute atomic E-state index is 0.163. The summed E-state index contributed by atoms with van der Waals surface area (Å²) in [5, 5.41) is 1.21. The van der Waals surface area contributed by atoms with Gasteiger partial charge in [-0.2, -0.15) is 0 Å². The van der Waals surface area contributed by atoms with Crippen LogP contribution in [0.3, 0.4) is 0 Å². The molecule has 0 saturated heterocycles. The lowest BCUT2D eigenvalue weighted by Crippen LogP contribution is -2.29. The van der Waals surface area contributed by atoms with Crippen molar-refractivity contribution >= 4 is 22.7 Å². The molecule has 0 aliphatic carbocycles. The monoisotopic (exact) mass is 407 g/mol. The first-order valence-electron chi connectivity index (χ1n) is 10.1. The third-order valence-electron chi connectivity index (χ3n) is 4.78. The molecule has 156 valence electrons. The Morgan fingerprint density at radius 3 is 2.17 bits per heavy atom. The van der Waals surface area contributed by atoms with Crippen LogP contribution in [0.1, 0.15) is 37.2 Å². The maximum atomic E-state index is 13.3. The highest BCUT2D eigenvalue weighted by Gasteiger charge is 2.24. The summed E-state index contributed by atoms with van der Waals surface area (Å²) in [5.41, 5.74) is 1.39. The average Bonchev–Trinajstić information content (AvgIpc) is 2.76. The minimum atomic E-state index is -0.560. The lowest BCUT2D eigenvalue weighted by Gasteiger charge is -2.19. The van der Waals surface area contributed by atoms with Gasteiger partial charge in [-0.25, -0.2) is 4.79 Å². The molecular weight excluding hydrogens is 382 g/mol. The van der Waals surface area contributed by atoms with Crippen LogP contribution >= 0.6 is 0 Å². The fraction of sp³-hybridized carbons (Fsp3) is 0.292. The molecule has 0 radical (unpaired) electrons. The second-order valence-corrected chi connectivity index (χ2v) is 6.72. The van der Waals surface area contributed by atoms with Crippen LogP contribution in [0.5, 0.6) is 0 Å². The molecule has 0 fully saturated rings. The Hall–Kier alpha value is -3.41. The Labute approximate surface area is 175 Å². The van der Waals surface area contributed by atoms with E-state index in [2.05, 4.69) is 0 Å². The summed E-state index contributed by atoms with van der Waals surface area (Å²) in [6.45, 7) is 4.18. The first-order chi connectivity index (χ1) is 14.6. The van der Waals surface area contributed by atoms with Gasteiger partial charge in [0.05, 0.1) is 13.2 Å². The van der Waals surface area contributed by atoms with E-state index < -0.39 is 5.97 Å². The number of carbonyl (C=O) groups is 2. The number of benzene rings is 2. The zero-order valence-electron chi connectivity index (χ0n) is 17.2. The third kappa shape index (κ3) is 4.43. The van der Waals surface area contributed by atoms with Crippen LogP contribution in [0, 0.1) is 0 Å². The number of pyridine rings is 1. The molecule has 30 heavy (non-hydrogen) atoms.